The van der Waals surface area contributed by atoms with Gasteiger partial charge < -0.3 is 73.2 Å². The molecule has 3 aromatic rings. The van der Waals surface area contributed by atoms with E-state index in [0.29, 0.717) is 70.0 Å². The van der Waals surface area contributed by atoms with Gasteiger partial charge in [0.05, 0.1) is 19.6 Å². The lowest BCUT2D eigenvalue weighted by Gasteiger charge is -2.33. The number of aliphatic carboxylic acids is 6. The van der Waals surface area contributed by atoms with Crippen molar-refractivity contribution in [3.63, 3.8) is 0 Å². The van der Waals surface area contributed by atoms with Crippen LogP contribution in [0.2, 0.25) is 0 Å². The van der Waals surface area contributed by atoms with E-state index in [9.17, 15) is 78.3 Å². The second-order valence-corrected chi connectivity index (χ2v) is 23.6. The lowest BCUT2D eigenvalue weighted by atomic mass is 10.0. The van der Waals surface area contributed by atoms with Gasteiger partial charge in [0.1, 0.15) is 24.2 Å². The van der Waals surface area contributed by atoms with Crippen LogP contribution >= 0.6 is 12.2 Å². The molecule has 14 N–H and O–H groups in total. The summed E-state index contributed by atoms with van der Waals surface area (Å²) in [6.07, 6.45) is 5.08. The zero-order chi connectivity index (χ0) is 68.1. The van der Waals surface area contributed by atoms with Crippen LogP contribution in [0.15, 0.2) is 84.9 Å². The summed E-state index contributed by atoms with van der Waals surface area (Å²) in [5, 5.41) is 79.6. The van der Waals surface area contributed by atoms with Gasteiger partial charge in [-0.1, -0.05) is 85.6 Å². The van der Waals surface area contributed by atoms with E-state index in [1.807, 2.05) is 72.8 Å². The zero-order valence-corrected chi connectivity index (χ0v) is 53.4. The first-order valence-electron chi connectivity index (χ1n) is 31.4. The first kappa shape index (κ1) is 76.7. The number of urea groups is 1. The number of carboxylic acid groups (broad SMARTS) is 6. The van der Waals surface area contributed by atoms with Crippen molar-refractivity contribution in [2.75, 3.05) is 70.8 Å². The van der Waals surface area contributed by atoms with E-state index in [0.717, 1.165) is 16.7 Å². The number of benzene rings is 3. The number of hydrogen-bond acceptors (Lipinski definition) is 15. The van der Waals surface area contributed by atoms with Gasteiger partial charge in [-0.05, 0) is 112 Å². The Morgan fingerprint density at radius 3 is 1.55 bits per heavy atom. The van der Waals surface area contributed by atoms with Crippen LogP contribution in [0.3, 0.4) is 0 Å². The monoisotopic (exact) mass is 1320 g/mol. The number of carbonyl (C=O) groups is 11. The summed E-state index contributed by atoms with van der Waals surface area (Å²) in [7, 11) is 0. The van der Waals surface area contributed by atoms with Gasteiger partial charge in [-0.25, -0.2) is 14.4 Å². The fourth-order valence-electron chi connectivity index (χ4n) is 10.5. The van der Waals surface area contributed by atoms with Crippen LogP contribution in [0.4, 0.5) is 10.5 Å². The number of thiocarbonyl (C=S) groups is 1. The fourth-order valence-corrected chi connectivity index (χ4v) is 10.7. The standard InChI is InChI=1S/C64H91N11O17S/c1-43(24-29-55(78)79)67-63(92)71-50(62(90)91)21-12-14-30-65-53(76)22-10-2-3-11-23-54(77)69-49(61(88)89)20-13-15-31-66-59(86)51(37-44-16-6-4-7-17-44)70-60(87)52(38-45-18-8-5-9-19-45)72-64(93)68-47-27-25-46(26-28-47)36-48-39-74(41-57(82)83)33-32-73(40-56(80)81)34-35-75(48)42-58(84)85/h4-9,16-19,25-28,43,48-52H,2-3,10-15,20-24,29-42H2,1H3,(H,65,76)(H,66,86)(H,69,77)(H,70,87)(H,78,79)(H,80,81)(H,82,83)(H,84,85)(H,88,89)(H,90,91)(H2,67,71,92)(H2,68,72,93)/t43?,48?,49?,50-,51?,52?/m0/s1. The van der Waals surface area contributed by atoms with E-state index < -0.39 is 95.8 Å². The van der Waals surface area contributed by atoms with Crippen LogP contribution in [0.25, 0.3) is 0 Å². The number of anilines is 1. The Morgan fingerprint density at radius 2 is 0.989 bits per heavy atom. The smallest absolute Gasteiger partial charge is 0.326 e. The molecule has 0 aromatic heterocycles. The largest absolute Gasteiger partial charge is 0.481 e. The molecule has 0 spiro atoms. The van der Waals surface area contributed by atoms with Gasteiger partial charge in [0.15, 0.2) is 5.11 Å². The minimum atomic E-state index is -1.22. The quantitative estimate of drug-likeness (QED) is 0.0286. The maximum atomic E-state index is 14.4. The van der Waals surface area contributed by atoms with Crippen LogP contribution in [-0.4, -0.2) is 218 Å². The predicted octanol–water partition coefficient (Wildman–Crippen LogP) is 2.89. The number of amides is 6. The van der Waals surface area contributed by atoms with Crippen molar-refractivity contribution in [1.29, 1.82) is 0 Å². The molecule has 0 bridgehead atoms. The van der Waals surface area contributed by atoms with Crippen molar-refractivity contribution in [3.8, 4) is 0 Å². The summed E-state index contributed by atoms with van der Waals surface area (Å²) in [5.74, 6) is -8.27. The summed E-state index contributed by atoms with van der Waals surface area (Å²) in [6.45, 7) is 2.40. The summed E-state index contributed by atoms with van der Waals surface area (Å²) in [4.78, 5) is 141. The minimum absolute atomic E-state index is 0.0807. The second-order valence-electron chi connectivity index (χ2n) is 23.2. The summed E-state index contributed by atoms with van der Waals surface area (Å²) < 4.78 is 0. The van der Waals surface area contributed by atoms with Crippen molar-refractivity contribution < 1.29 is 83.4 Å². The normalized spacial score (nSPS) is 15.3. The van der Waals surface area contributed by atoms with Crippen LogP contribution in [0, 0.1) is 0 Å². The van der Waals surface area contributed by atoms with Gasteiger partial charge in [0, 0.05) is 95.7 Å². The topological polar surface area (TPSA) is 415 Å². The van der Waals surface area contributed by atoms with Gasteiger partial charge in [-0.15, -0.1) is 0 Å². The molecule has 6 amide bonds. The van der Waals surface area contributed by atoms with Crippen molar-refractivity contribution >= 4 is 88.5 Å². The highest BCUT2D eigenvalue weighted by atomic mass is 32.1. The molecule has 1 heterocycles. The second kappa shape index (κ2) is 42.4. The highest BCUT2D eigenvalue weighted by Gasteiger charge is 2.30. The average molecular weight is 1320 g/mol. The Balaban J connectivity index is 1.24. The van der Waals surface area contributed by atoms with Crippen LogP contribution < -0.4 is 42.5 Å². The molecule has 1 fully saturated rings. The molecule has 1 aliphatic rings. The molecule has 93 heavy (non-hydrogen) atoms. The number of unbranched alkanes of at least 4 members (excludes halogenated alkanes) is 5. The third-order valence-electron chi connectivity index (χ3n) is 15.4. The number of nitrogens with one attached hydrogen (secondary N) is 8. The van der Waals surface area contributed by atoms with E-state index >= 15 is 0 Å². The number of hydrogen-bond donors (Lipinski definition) is 14. The van der Waals surface area contributed by atoms with Gasteiger partial charge in [0.25, 0.3) is 0 Å². The van der Waals surface area contributed by atoms with Gasteiger partial charge in [-0.3, -0.25) is 53.1 Å². The molecular weight excluding hydrogens is 1230 g/mol. The van der Waals surface area contributed by atoms with E-state index in [1.165, 1.54) is 0 Å². The zero-order valence-electron chi connectivity index (χ0n) is 52.6. The third kappa shape index (κ3) is 32.9. The van der Waals surface area contributed by atoms with Crippen molar-refractivity contribution in [2.24, 2.45) is 0 Å². The molecule has 28 nitrogen and oxygen atoms in total. The summed E-state index contributed by atoms with van der Waals surface area (Å²) in [6, 6.07) is 19.5. The van der Waals surface area contributed by atoms with Gasteiger partial charge in [0.2, 0.25) is 23.6 Å². The predicted molar refractivity (Wildman–Crippen MR) is 347 cm³/mol. The molecule has 510 valence electrons. The molecule has 0 radical (unpaired) electrons. The fraction of sp³-hybridized carbons (Fsp3) is 0.531. The molecule has 4 rings (SSSR count). The lowest BCUT2D eigenvalue weighted by Crippen LogP contribution is -2.55. The van der Waals surface area contributed by atoms with Crippen molar-refractivity contribution in [2.45, 2.75) is 152 Å². The highest BCUT2D eigenvalue weighted by molar-refractivity contribution is 7.80. The van der Waals surface area contributed by atoms with E-state index in [1.54, 1.807) is 33.8 Å². The Hall–Kier alpha value is -8.80. The molecule has 3 aromatic carbocycles. The average Bonchev–Trinajstić information content (AvgIpc) is 1.94. The molecule has 29 heteroatoms. The number of nitrogens with zero attached hydrogens (tertiary/aromatic N) is 3. The Morgan fingerprint density at radius 1 is 0.473 bits per heavy atom. The van der Waals surface area contributed by atoms with Gasteiger partial charge >= 0.3 is 41.8 Å². The Kier molecular flexibility index (Phi) is 34.9. The number of carboxylic acids is 6. The maximum Gasteiger partial charge on any atom is 0.326 e. The Bertz CT molecular complexity index is 2910. The van der Waals surface area contributed by atoms with Crippen molar-refractivity contribution in [3.05, 3.63) is 102 Å². The molecule has 0 aliphatic carbocycles. The first-order chi connectivity index (χ1) is 44.4. The first-order valence-corrected chi connectivity index (χ1v) is 31.8. The molecule has 6 atom stereocenters. The highest BCUT2D eigenvalue weighted by Crippen LogP contribution is 2.18. The lowest BCUT2D eigenvalue weighted by molar-refractivity contribution is -0.142. The molecule has 1 saturated heterocycles. The third-order valence-corrected chi connectivity index (χ3v) is 15.6. The SMILES string of the molecule is CC(CCC(=O)O)NC(=O)N[C@@H](CCCCNC(=O)CCCCCCC(=O)NC(CCCCNC(=O)C(Cc1ccccc1)NC(=O)C(Cc1ccccc1)NC(=S)Nc1ccc(CC2CN(CC(=O)O)CCN(CC(=O)O)CCN2CC(=O)O)cc1)C(=O)O)C(=O)O. The van der Waals surface area contributed by atoms with Crippen molar-refractivity contribution in [1.82, 2.24) is 51.9 Å². The van der Waals surface area contributed by atoms with Crippen LogP contribution in [-0.2, 0) is 67.2 Å². The molecule has 0 saturated carbocycles. The molecule has 5 unspecified atom stereocenters. The minimum Gasteiger partial charge on any atom is -0.481 e. The Labute approximate surface area is 546 Å². The molecular formula is C64H91N11O17S. The maximum absolute atomic E-state index is 14.4. The van der Waals surface area contributed by atoms with E-state index in [-0.39, 0.29) is 121 Å². The summed E-state index contributed by atoms with van der Waals surface area (Å²) >= 11 is 5.75. The molecule has 1 aliphatic heterocycles. The van der Waals surface area contributed by atoms with E-state index in [4.69, 9.17) is 17.3 Å². The van der Waals surface area contributed by atoms with E-state index in [2.05, 4.69) is 42.5 Å². The number of carbonyl (C=O) groups excluding carboxylic acids is 5. The van der Waals surface area contributed by atoms with Crippen LogP contribution in [0.1, 0.15) is 114 Å². The number of rotatable bonds is 42. The van der Waals surface area contributed by atoms with Gasteiger partial charge in [-0.2, -0.15) is 0 Å². The summed E-state index contributed by atoms with van der Waals surface area (Å²) in [5.41, 5.74) is 2.93. The van der Waals surface area contributed by atoms with Crippen LogP contribution in [0.5, 0.6) is 0 Å².